The van der Waals surface area contributed by atoms with Gasteiger partial charge in [-0.2, -0.15) is 0 Å². The van der Waals surface area contributed by atoms with Crippen molar-refractivity contribution in [2.45, 2.75) is 50.7 Å². The van der Waals surface area contributed by atoms with Crippen molar-refractivity contribution in [1.29, 1.82) is 0 Å². The summed E-state index contributed by atoms with van der Waals surface area (Å²) in [4.78, 5) is 61.0. The van der Waals surface area contributed by atoms with Crippen LogP contribution in [0.15, 0.2) is 42.7 Å². The van der Waals surface area contributed by atoms with E-state index in [1.54, 1.807) is 24.5 Å². The standard InChI is InChI=1S/C27H27N5O5/c33-23-7-6-22(25(34)30-23)32-14-16-13-18(4-5-19(16)26(32)35)37-15-17-3-1-2-12-31(17)27(36)24-20-8-10-28-21(20)9-11-29-24/h4-5,8-11,13,17,22,28H,1-3,6-7,12,14-15H2,(H,30,33,34)/t17-,22?/m0/s1. The number of H-pyrrole nitrogens is 1. The number of ether oxygens (including phenoxy) is 1. The lowest BCUT2D eigenvalue weighted by atomic mass is 10.0. The number of imide groups is 1. The van der Waals surface area contributed by atoms with Gasteiger partial charge in [-0.25, -0.2) is 0 Å². The molecular weight excluding hydrogens is 474 g/mol. The second-order valence-corrected chi connectivity index (χ2v) is 9.78. The third kappa shape index (κ3) is 4.22. The number of nitrogens with one attached hydrogen (secondary N) is 2. The molecule has 2 aromatic heterocycles. The molecule has 0 spiro atoms. The van der Waals surface area contributed by atoms with Crippen LogP contribution in [0.2, 0.25) is 0 Å². The highest BCUT2D eigenvalue weighted by molar-refractivity contribution is 6.06. The SMILES string of the molecule is O=C1CCC(N2Cc3cc(OC[C@@H]4CCCCN4C(=O)c4nccc5[nH]ccc45)ccc3C2=O)C(=O)N1. The monoisotopic (exact) mass is 501 g/mol. The number of hydrogen-bond acceptors (Lipinski definition) is 6. The molecule has 37 heavy (non-hydrogen) atoms. The Morgan fingerprint density at radius 1 is 1.11 bits per heavy atom. The van der Waals surface area contributed by atoms with Crippen molar-refractivity contribution in [2.24, 2.45) is 0 Å². The molecule has 0 saturated carbocycles. The van der Waals surface area contributed by atoms with Crippen LogP contribution >= 0.6 is 0 Å². The maximum absolute atomic E-state index is 13.5. The van der Waals surface area contributed by atoms with Crippen LogP contribution in [0.5, 0.6) is 5.75 Å². The first-order valence-electron chi connectivity index (χ1n) is 12.6. The van der Waals surface area contributed by atoms with Crippen LogP contribution in [0.4, 0.5) is 0 Å². The van der Waals surface area contributed by atoms with Crippen LogP contribution in [-0.2, 0) is 16.1 Å². The van der Waals surface area contributed by atoms with E-state index in [0.29, 0.717) is 36.6 Å². The van der Waals surface area contributed by atoms with Gasteiger partial charge >= 0.3 is 0 Å². The lowest BCUT2D eigenvalue weighted by Crippen LogP contribution is -2.52. The summed E-state index contributed by atoms with van der Waals surface area (Å²) in [5.74, 6) is -0.442. The minimum absolute atomic E-state index is 0.0906. The maximum atomic E-state index is 13.5. The largest absolute Gasteiger partial charge is 0.491 e. The summed E-state index contributed by atoms with van der Waals surface area (Å²) in [5, 5.41) is 3.13. The van der Waals surface area contributed by atoms with E-state index < -0.39 is 11.9 Å². The van der Waals surface area contributed by atoms with E-state index in [2.05, 4.69) is 15.3 Å². The zero-order valence-electron chi connectivity index (χ0n) is 20.2. The number of nitrogens with zero attached hydrogens (tertiary/aromatic N) is 3. The number of likely N-dealkylation sites (tertiary alicyclic amines) is 1. The molecule has 190 valence electrons. The minimum atomic E-state index is -0.651. The number of benzene rings is 1. The average molecular weight is 502 g/mol. The first-order chi connectivity index (χ1) is 18.0. The number of pyridine rings is 1. The predicted octanol–water partition coefficient (Wildman–Crippen LogP) is 2.40. The zero-order valence-corrected chi connectivity index (χ0v) is 20.2. The number of hydrogen-bond donors (Lipinski definition) is 2. The minimum Gasteiger partial charge on any atom is -0.491 e. The average Bonchev–Trinajstić information content (AvgIpc) is 3.51. The first-order valence-corrected chi connectivity index (χ1v) is 12.6. The van der Waals surface area contributed by atoms with Gasteiger partial charge in [-0.3, -0.25) is 29.5 Å². The van der Waals surface area contributed by atoms with Crippen molar-refractivity contribution >= 4 is 34.5 Å². The second-order valence-electron chi connectivity index (χ2n) is 9.78. The molecule has 2 atom stereocenters. The quantitative estimate of drug-likeness (QED) is 0.518. The second kappa shape index (κ2) is 9.34. The molecule has 4 amide bonds. The lowest BCUT2D eigenvalue weighted by molar-refractivity contribution is -0.136. The summed E-state index contributed by atoms with van der Waals surface area (Å²) >= 11 is 0. The molecular formula is C27H27N5O5. The van der Waals surface area contributed by atoms with Gasteiger partial charge in [0.15, 0.2) is 0 Å². The van der Waals surface area contributed by atoms with Crippen LogP contribution in [0, 0.1) is 0 Å². The summed E-state index contributed by atoms with van der Waals surface area (Å²) in [5.41, 5.74) is 2.64. The summed E-state index contributed by atoms with van der Waals surface area (Å²) in [7, 11) is 0. The molecule has 2 N–H and O–H groups in total. The Bertz CT molecular complexity index is 1420. The molecule has 2 fully saturated rings. The van der Waals surface area contributed by atoms with Gasteiger partial charge in [0.25, 0.3) is 11.8 Å². The van der Waals surface area contributed by atoms with Crippen LogP contribution in [0.25, 0.3) is 10.9 Å². The van der Waals surface area contributed by atoms with E-state index in [0.717, 1.165) is 35.7 Å². The first kappa shape index (κ1) is 23.2. The van der Waals surface area contributed by atoms with E-state index in [-0.39, 0.29) is 36.7 Å². The van der Waals surface area contributed by atoms with E-state index >= 15 is 0 Å². The highest BCUT2D eigenvalue weighted by Crippen LogP contribution is 2.31. The summed E-state index contributed by atoms with van der Waals surface area (Å²) in [6.07, 6.45) is 6.77. The highest BCUT2D eigenvalue weighted by atomic mass is 16.5. The van der Waals surface area contributed by atoms with Gasteiger partial charge in [-0.05, 0) is 61.6 Å². The third-order valence-corrected chi connectivity index (χ3v) is 7.51. The van der Waals surface area contributed by atoms with Crippen molar-refractivity contribution in [2.75, 3.05) is 13.2 Å². The molecule has 5 heterocycles. The third-order valence-electron chi connectivity index (χ3n) is 7.51. The number of carbonyl (C=O) groups is 4. The zero-order chi connectivity index (χ0) is 25.5. The Morgan fingerprint density at radius 2 is 2.00 bits per heavy atom. The van der Waals surface area contributed by atoms with Gasteiger partial charge < -0.3 is 19.5 Å². The van der Waals surface area contributed by atoms with E-state index in [1.165, 1.54) is 4.90 Å². The van der Waals surface area contributed by atoms with Crippen molar-refractivity contribution < 1.29 is 23.9 Å². The molecule has 3 aromatic rings. The van der Waals surface area contributed by atoms with Gasteiger partial charge in [0.05, 0.1) is 6.04 Å². The van der Waals surface area contributed by atoms with Crippen molar-refractivity contribution in [3.05, 3.63) is 59.5 Å². The highest BCUT2D eigenvalue weighted by Gasteiger charge is 2.39. The molecule has 0 radical (unpaired) electrons. The number of fused-ring (bicyclic) bond motifs is 2. The summed E-state index contributed by atoms with van der Waals surface area (Å²) in [6, 6.07) is 8.28. The molecule has 6 rings (SSSR count). The number of carbonyl (C=O) groups excluding carboxylic acids is 4. The molecule has 1 unspecified atom stereocenters. The fourth-order valence-corrected chi connectivity index (χ4v) is 5.56. The Labute approximate surface area is 213 Å². The van der Waals surface area contributed by atoms with Crippen molar-refractivity contribution in [3.8, 4) is 5.75 Å². The van der Waals surface area contributed by atoms with Crippen LogP contribution in [-0.4, -0.2) is 68.6 Å². The topological polar surface area (TPSA) is 125 Å². The van der Waals surface area contributed by atoms with Gasteiger partial charge in [0.2, 0.25) is 11.8 Å². The normalized spacial score (nSPS) is 21.8. The fourth-order valence-electron chi connectivity index (χ4n) is 5.56. The van der Waals surface area contributed by atoms with Gasteiger partial charge in [-0.1, -0.05) is 0 Å². The van der Waals surface area contributed by atoms with E-state index in [4.69, 9.17) is 4.74 Å². The molecule has 10 nitrogen and oxygen atoms in total. The van der Waals surface area contributed by atoms with E-state index in [1.807, 2.05) is 23.1 Å². The van der Waals surface area contributed by atoms with Gasteiger partial charge in [-0.15, -0.1) is 0 Å². The smallest absolute Gasteiger partial charge is 0.273 e. The van der Waals surface area contributed by atoms with Crippen LogP contribution in [0.1, 0.15) is 58.5 Å². The predicted molar refractivity (Wildman–Crippen MR) is 133 cm³/mol. The maximum Gasteiger partial charge on any atom is 0.273 e. The molecule has 2 saturated heterocycles. The summed E-state index contributed by atoms with van der Waals surface area (Å²) < 4.78 is 6.14. The molecule has 1 aromatic carbocycles. The number of aromatic nitrogens is 2. The molecule has 10 heteroatoms. The summed E-state index contributed by atoms with van der Waals surface area (Å²) in [6.45, 7) is 1.27. The van der Waals surface area contributed by atoms with Crippen molar-refractivity contribution in [3.63, 3.8) is 0 Å². The Kier molecular flexibility index (Phi) is 5.86. The molecule has 0 aliphatic carbocycles. The Hall–Kier alpha value is -4.21. The van der Waals surface area contributed by atoms with Gasteiger partial charge in [0.1, 0.15) is 24.1 Å². The van der Waals surface area contributed by atoms with Crippen molar-refractivity contribution in [1.82, 2.24) is 25.1 Å². The van der Waals surface area contributed by atoms with Crippen LogP contribution in [0.3, 0.4) is 0 Å². The van der Waals surface area contributed by atoms with Gasteiger partial charge in [0, 0.05) is 48.4 Å². The number of amides is 4. The Morgan fingerprint density at radius 3 is 2.86 bits per heavy atom. The number of rotatable bonds is 5. The number of piperidine rings is 2. The number of aromatic amines is 1. The lowest BCUT2D eigenvalue weighted by Gasteiger charge is -2.35. The fraction of sp³-hybridized carbons (Fsp3) is 0.370. The molecule has 3 aliphatic rings. The molecule has 0 bridgehead atoms. The molecule has 3 aliphatic heterocycles. The Balaban J connectivity index is 1.15. The van der Waals surface area contributed by atoms with E-state index in [9.17, 15) is 19.2 Å². The van der Waals surface area contributed by atoms with Crippen LogP contribution < -0.4 is 10.1 Å².